The minimum Gasteiger partial charge on any atom is -0.449 e. The molecule has 4 aliphatic rings. The summed E-state index contributed by atoms with van der Waals surface area (Å²) in [4.78, 5) is 29.5. The molecule has 42 heavy (non-hydrogen) atoms. The first-order chi connectivity index (χ1) is 20.2. The fraction of sp³-hybridized carbons (Fsp3) is 0.750. The van der Waals surface area contributed by atoms with Crippen molar-refractivity contribution in [3.63, 3.8) is 0 Å². The van der Waals surface area contributed by atoms with Gasteiger partial charge in [-0.3, -0.25) is 9.69 Å². The van der Waals surface area contributed by atoms with Crippen LogP contribution in [0.15, 0.2) is 18.2 Å². The minimum atomic E-state index is -4.60. The van der Waals surface area contributed by atoms with E-state index in [0.29, 0.717) is 50.5 Å². The highest BCUT2D eigenvalue weighted by atomic mass is 19.4. The van der Waals surface area contributed by atoms with Crippen LogP contribution in [0.25, 0.3) is 0 Å². The molecule has 3 saturated carbocycles. The van der Waals surface area contributed by atoms with Gasteiger partial charge in [-0.25, -0.2) is 9.18 Å². The molecule has 1 N–H and O–H groups in total. The number of halogens is 4. The number of fused-ring (bicyclic) bond motifs is 1. The number of hydrogen-bond acceptors (Lipinski definition) is 4. The Bertz CT molecular complexity index is 1080. The Labute approximate surface area is 246 Å². The fourth-order valence-corrected chi connectivity index (χ4v) is 7.45. The lowest BCUT2D eigenvalue weighted by molar-refractivity contribution is -0.137. The quantitative estimate of drug-likeness (QED) is 0.360. The molecule has 1 saturated heterocycles. The zero-order chi connectivity index (χ0) is 29.7. The number of carbonyl (C=O) groups excluding carboxylic acids is 2. The van der Waals surface area contributed by atoms with Gasteiger partial charge in [0.2, 0.25) is 5.91 Å². The summed E-state index contributed by atoms with van der Waals surface area (Å²) < 4.78 is 58.9. The SMILES string of the molecule is O=C(NCC1CCCC2CC12)C1CCC(CN2CCCCN(Cc3cc(F)cc(C(F)(F)F)c3)CCCOC2=O)CC1. The minimum absolute atomic E-state index is 0.0608. The maximum Gasteiger partial charge on any atom is 0.416 e. The molecule has 4 fully saturated rings. The van der Waals surface area contributed by atoms with Gasteiger partial charge in [0, 0.05) is 38.6 Å². The van der Waals surface area contributed by atoms with Crippen LogP contribution >= 0.6 is 0 Å². The molecule has 3 unspecified atom stereocenters. The number of amides is 2. The molecule has 0 radical (unpaired) electrons. The molecule has 1 aromatic rings. The second-order valence-corrected chi connectivity index (χ2v) is 13.1. The van der Waals surface area contributed by atoms with Crippen LogP contribution in [0.4, 0.5) is 22.4 Å². The maximum absolute atomic E-state index is 13.9. The summed E-state index contributed by atoms with van der Waals surface area (Å²) in [6.07, 6.45) is 5.91. The molecule has 0 bridgehead atoms. The number of nitrogens with one attached hydrogen (secondary N) is 1. The average Bonchev–Trinajstić information content (AvgIpc) is 3.75. The second-order valence-electron chi connectivity index (χ2n) is 13.1. The van der Waals surface area contributed by atoms with Crippen molar-refractivity contribution < 1.29 is 31.9 Å². The standard InChI is InChI=1S/C32H45F4N3O3/c33-28-16-23(15-27(18-28)32(34,35)36)20-38-11-1-2-13-39(31(41)42-14-4-12-38)21-22-7-9-24(10-8-22)30(40)37-19-26-6-3-5-25-17-29(25)26/h15-16,18,22,24-26,29H,1-14,17,19-21H2,(H,37,40). The number of cyclic esters (lactones) is 1. The Kier molecular flexibility index (Phi) is 10.3. The van der Waals surface area contributed by atoms with E-state index in [1.807, 2.05) is 4.90 Å². The summed E-state index contributed by atoms with van der Waals surface area (Å²) in [6, 6.07) is 2.68. The number of carbonyl (C=O) groups is 2. The van der Waals surface area contributed by atoms with E-state index in [1.54, 1.807) is 4.90 Å². The molecule has 0 aromatic heterocycles. The number of benzene rings is 1. The molecule has 6 nitrogen and oxygen atoms in total. The smallest absolute Gasteiger partial charge is 0.416 e. The topological polar surface area (TPSA) is 61.9 Å². The van der Waals surface area contributed by atoms with Crippen LogP contribution in [0.2, 0.25) is 0 Å². The molecule has 10 heteroatoms. The molecule has 2 amide bonds. The first-order valence-electron chi connectivity index (χ1n) is 15.9. The van der Waals surface area contributed by atoms with Gasteiger partial charge >= 0.3 is 12.3 Å². The van der Waals surface area contributed by atoms with Gasteiger partial charge in [-0.05, 0) is 112 Å². The highest BCUT2D eigenvalue weighted by Gasteiger charge is 2.45. The van der Waals surface area contributed by atoms with Crippen molar-refractivity contribution in [1.82, 2.24) is 15.1 Å². The Morgan fingerprint density at radius 3 is 2.50 bits per heavy atom. The highest BCUT2D eigenvalue weighted by Crippen LogP contribution is 2.52. The summed E-state index contributed by atoms with van der Waals surface area (Å²) in [5, 5.41) is 3.25. The lowest BCUT2D eigenvalue weighted by atomic mass is 9.81. The zero-order valence-electron chi connectivity index (χ0n) is 24.5. The van der Waals surface area contributed by atoms with Gasteiger partial charge in [-0.2, -0.15) is 13.2 Å². The number of ether oxygens (including phenoxy) is 1. The molecule has 3 atom stereocenters. The van der Waals surface area contributed by atoms with Crippen molar-refractivity contribution in [2.75, 3.05) is 39.3 Å². The normalized spacial score (nSPS) is 29.7. The third kappa shape index (κ3) is 8.60. The van der Waals surface area contributed by atoms with E-state index >= 15 is 0 Å². The molecular formula is C32H45F4N3O3. The monoisotopic (exact) mass is 595 g/mol. The lowest BCUT2D eigenvalue weighted by Gasteiger charge is -2.32. The van der Waals surface area contributed by atoms with Crippen LogP contribution in [-0.4, -0.2) is 61.1 Å². The van der Waals surface area contributed by atoms with Gasteiger partial charge in [-0.1, -0.05) is 12.8 Å². The predicted octanol–water partition coefficient (Wildman–Crippen LogP) is 6.63. The Hall–Kier alpha value is -2.36. The Morgan fingerprint density at radius 1 is 0.952 bits per heavy atom. The van der Waals surface area contributed by atoms with Crippen molar-refractivity contribution in [3.8, 4) is 0 Å². The van der Waals surface area contributed by atoms with Gasteiger partial charge in [0.1, 0.15) is 5.82 Å². The Balaban J connectivity index is 1.05. The number of nitrogens with zero attached hydrogens (tertiary/aromatic N) is 2. The van der Waals surface area contributed by atoms with Gasteiger partial charge in [0.15, 0.2) is 0 Å². The molecule has 3 aliphatic carbocycles. The predicted molar refractivity (Wildman–Crippen MR) is 151 cm³/mol. The number of hydrogen-bond donors (Lipinski definition) is 1. The van der Waals surface area contributed by atoms with Gasteiger partial charge in [0.05, 0.1) is 12.2 Å². The van der Waals surface area contributed by atoms with Crippen molar-refractivity contribution >= 4 is 12.0 Å². The van der Waals surface area contributed by atoms with E-state index in [1.165, 1.54) is 25.7 Å². The summed E-state index contributed by atoms with van der Waals surface area (Å²) >= 11 is 0. The van der Waals surface area contributed by atoms with Crippen LogP contribution in [0.5, 0.6) is 0 Å². The molecule has 234 valence electrons. The van der Waals surface area contributed by atoms with Crippen molar-refractivity contribution in [2.45, 2.75) is 83.4 Å². The summed E-state index contributed by atoms with van der Waals surface area (Å²) in [7, 11) is 0. The number of alkyl halides is 3. The van der Waals surface area contributed by atoms with Crippen LogP contribution in [0, 0.1) is 35.4 Å². The van der Waals surface area contributed by atoms with E-state index in [4.69, 9.17) is 4.74 Å². The van der Waals surface area contributed by atoms with E-state index in [-0.39, 0.29) is 36.6 Å². The largest absolute Gasteiger partial charge is 0.449 e. The van der Waals surface area contributed by atoms with Gasteiger partial charge in [-0.15, -0.1) is 0 Å². The maximum atomic E-state index is 13.9. The number of rotatable bonds is 7. The summed E-state index contributed by atoms with van der Waals surface area (Å²) in [6.45, 7) is 3.60. The van der Waals surface area contributed by atoms with Crippen molar-refractivity contribution in [2.24, 2.45) is 29.6 Å². The van der Waals surface area contributed by atoms with Gasteiger partial charge in [0.25, 0.3) is 0 Å². The second kappa shape index (κ2) is 14.0. The summed E-state index contributed by atoms with van der Waals surface area (Å²) in [5.41, 5.74) is -0.698. The van der Waals surface area contributed by atoms with E-state index < -0.39 is 17.6 Å². The van der Waals surface area contributed by atoms with Crippen molar-refractivity contribution in [1.29, 1.82) is 0 Å². The first kappa shape index (κ1) is 31.1. The highest BCUT2D eigenvalue weighted by molar-refractivity contribution is 5.78. The molecule has 5 rings (SSSR count). The third-order valence-electron chi connectivity index (χ3n) is 9.91. The van der Waals surface area contributed by atoms with E-state index in [2.05, 4.69) is 5.32 Å². The van der Waals surface area contributed by atoms with E-state index in [9.17, 15) is 27.2 Å². The Morgan fingerprint density at radius 2 is 1.71 bits per heavy atom. The van der Waals surface area contributed by atoms with Crippen LogP contribution in [0.1, 0.15) is 81.8 Å². The zero-order valence-corrected chi connectivity index (χ0v) is 24.5. The van der Waals surface area contributed by atoms with Crippen molar-refractivity contribution in [3.05, 3.63) is 35.1 Å². The van der Waals surface area contributed by atoms with Crippen LogP contribution in [0.3, 0.4) is 0 Å². The third-order valence-corrected chi connectivity index (χ3v) is 9.91. The molecule has 1 heterocycles. The lowest BCUT2D eigenvalue weighted by Crippen LogP contribution is -2.40. The molecule has 1 aromatic carbocycles. The van der Waals surface area contributed by atoms with Crippen LogP contribution < -0.4 is 5.32 Å². The van der Waals surface area contributed by atoms with E-state index in [0.717, 1.165) is 69.0 Å². The summed E-state index contributed by atoms with van der Waals surface area (Å²) in [5.74, 6) is 2.12. The molecular weight excluding hydrogens is 550 g/mol. The average molecular weight is 596 g/mol. The molecule has 1 aliphatic heterocycles. The van der Waals surface area contributed by atoms with Crippen LogP contribution in [-0.2, 0) is 22.3 Å². The first-order valence-corrected chi connectivity index (χ1v) is 15.9. The molecule has 0 spiro atoms. The van der Waals surface area contributed by atoms with Gasteiger partial charge < -0.3 is 15.0 Å². The fourth-order valence-electron chi connectivity index (χ4n) is 7.45.